The average molecular weight is 391 g/mol. The van der Waals surface area contributed by atoms with E-state index in [2.05, 4.69) is 20.7 Å². The molecule has 5 nitrogen and oxygen atoms in total. The molecular weight excluding hydrogens is 378 g/mol. The Morgan fingerprint density at radius 3 is 2.58 bits per heavy atom. The number of thiophene rings is 1. The Morgan fingerprint density at radius 1 is 1.63 bits per heavy atom. The van der Waals surface area contributed by atoms with Gasteiger partial charge in [0.15, 0.2) is 0 Å². The van der Waals surface area contributed by atoms with Crippen LogP contribution in [0.5, 0.6) is 0 Å². The van der Waals surface area contributed by atoms with Crippen LogP contribution in [-0.4, -0.2) is 25.5 Å². The van der Waals surface area contributed by atoms with Crippen molar-refractivity contribution in [2.24, 2.45) is 5.92 Å². The lowest BCUT2D eigenvalue weighted by atomic mass is 10.0. The molecule has 0 fully saturated rings. The Balaban J connectivity index is 3.04. The molecule has 0 aliphatic heterocycles. The van der Waals surface area contributed by atoms with Crippen LogP contribution in [0.15, 0.2) is 14.1 Å². The first kappa shape index (κ1) is 16.9. The lowest BCUT2D eigenvalue weighted by molar-refractivity contribution is -0.140. The number of aliphatic carboxylic acids is 1. The number of halogens is 2. The Hall–Kier alpha value is -0.150. The van der Waals surface area contributed by atoms with Gasteiger partial charge >= 0.3 is 5.97 Å². The highest BCUT2D eigenvalue weighted by Crippen LogP contribution is 2.34. The number of carbonyl (C=O) groups is 1. The first-order valence-corrected chi connectivity index (χ1v) is 8.86. The van der Waals surface area contributed by atoms with E-state index in [-0.39, 0.29) is 15.1 Å². The maximum absolute atomic E-state index is 12.1. The van der Waals surface area contributed by atoms with Gasteiger partial charge in [-0.25, -0.2) is 8.42 Å². The van der Waals surface area contributed by atoms with Crippen LogP contribution < -0.4 is 4.72 Å². The third-order valence-corrected chi connectivity index (χ3v) is 7.04. The minimum Gasteiger partial charge on any atom is -0.480 e. The molecule has 0 aliphatic rings. The van der Waals surface area contributed by atoms with Gasteiger partial charge in [-0.3, -0.25) is 4.79 Å². The molecular formula is C10H13BrClNO4S2. The molecule has 0 radical (unpaired) electrons. The predicted molar refractivity (Wildman–Crippen MR) is 78.2 cm³/mol. The predicted octanol–water partition coefficient (Wildman–Crippen LogP) is 2.94. The highest BCUT2D eigenvalue weighted by Gasteiger charge is 2.30. The van der Waals surface area contributed by atoms with Crippen molar-refractivity contribution in [3.8, 4) is 0 Å². The monoisotopic (exact) mass is 389 g/mol. The van der Waals surface area contributed by atoms with Crippen LogP contribution in [0.1, 0.15) is 20.3 Å². The number of carboxylic acids is 1. The molecule has 2 unspecified atom stereocenters. The zero-order chi connectivity index (χ0) is 14.8. The van der Waals surface area contributed by atoms with Crippen LogP contribution in [-0.2, 0) is 14.8 Å². The summed E-state index contributed by atoms with van der Waals surface area (Å²) in [6.45, 7) is 3.48. The minimum absolute atomic E-state index is 0.0149. The topological polar surface area (TPSA) is 83.5 Å². The second-order valence-electron chi connectivity index (χ2n) is 4.01. The third kappa shape index (κ3) is 4.16. The Kier molecular flexibility index (Phi) is 5.81. The first-order chi connectivity index (χ1) is 8.69. The molecule has 1 aromatic heterocycles. The molecule has 108 valence electrons. The molecule has 0 saturated carbocycles. The summed E-state index contributed by atoms with van der Waals surface area (Å²) < 4.78 is 26.9. The summed E-state index contributed by atoms with van der Waals surface area (Å²) in [5.41, 5.74) is 0. The first-order valence-electron chi connectivity index (χ1n) is 5.39. The van der Waals surface area contributed by atoms with Crippen LogP contribution in [0.4, 0.5) is 0 Å². The van der Waals surface area contributed by atoms with Crippen molar-refractivity contribution in [1.29, 1.82) is 0 Å². The number of hydrogen-bond donors (Lipinski definition) is 2. The smallest absolute Gasteiger partial charge is 0.322 e. The molecule has 0 saturated heterocycles. The standard InChI is InChI=1S/C10H13BrClNO4S2/c1-3-5(2)8(10(14)15)13-19(16,17)7-4-6(12)9(11)18-7/h4-5,8,13H,3H2,1-2H3,(H,14,15). The van der Waals surface area contributed by atoms with Crippen LogP contribution >= 0.6 is 38.9 Å². The normalized spacial score (nSPS) is 15.2. The molecule has 0 bridgehead atoms. The molecule has 19 heavy (non-hydrogen) atoms. The molecule has 1 rings (SSSR count). The van der Waals surface area contributed by atoms with E-state index < -0.39 is 22.0 Å². The van der Waals surface area contributed by atoms with Crippen molar-refractivity contribution in [3.63, 3.8) is 0 Å². The van der Waals surface area contributed by atoms with Gasteiger partial charge in [-0.1, -0.05) is 31.9 Å². The maximum Gasteiger partial charge on any atom is 0.322 e. The lowest BCUT2D eigenvalue weighted by Gasteiger charge is -2.19. The fourth-order valence-electron chi connectivity index (χ4n) is 1.33. The van der Waals surface area contributed by atoms with Gasteiger partial charge in [0, 0.05) is 0 Å². The van der Waals surface area contributed by atoms with E-state index in [9.17, 15) is 13.2 Å². The second kappa shape index (κ2) is 6.53. The van der Waals surface area contributed by atoms with E-state index in [4.69, 9.17) is 16.7 Å². The van der Waals surface area contributed by atoms with E-state index in [1.165, 1.54) is 6.07 Å². The highest BCUT2D eigenvalue weighted by atomic mass is 79.9. The van der Waals surface area contributed by atoms with E-state index in [0.29, 0.717) is 10.2 Å². The van der Waals surface area contributed by atoms with Crippen molar-refractivity contribution in [2.75, 3.05) is 0 Å². The van der Waals surface area contributed by atoms with Gasteiger partial charge in [-0.05, 0) is 27.9 Å². The van der Waals surface area contributed by atoms with Gasteiger partial charge in [0.25, 0.3) is 10.0 Å². The molecule has 9 heteroatoms. The van der Waals surface area contributed by atoms with E-state index in [1.807, 2.05) is 0 Å². The van der Waals surface area contributed by atoms with Crippen LogP contribution in [0.25, 0.3) is 0 Å². The summed E-state index contributed by atoms with van der Waals surface area (Å²) in [4.78, 5) is 11.1. The van der Waals surface area contributed by atoms with Gasteiger partial charge in [0.1, 0.15) is 10.3 Å². The summed E-state index contributed by atoms with van der Waals surface area (Å²) >= 11 is 9.84. The fourth-order valence-corrected chi connectivity index (χ4v) is 5.04. The number of rotatable bonds is 6. The Morgan fingerprint density at radius 2 is 2.21 bits per heavy atom. The summed E-state index contributed by atoms with van der Waals surface area (Å²) in [6.07, 6.45) is 0.550. The van der Waals surface area contributed by atoms with Gasteiger partial charge in [0.05, 0.1) is 8.81 Å². The molecule has 2 N–H and O–H groups in total. The lowest BCUT2D eigenvalue weighted by Crippen LogP contribution is -2.44. The van der Waals surface area contributed by atoms with Crippen molar-refractivity contribution in [2.45, 2.75) is 30.5 Å². The van der Waals surface area contributed by atoms with E-state index >= 15 is 0 Å². The largest absolute Gasteiger partial charge is 0.480 e. The molecule has 0 aromatic carbocycles. The van der Waals surface area contributed by atoms with Gasteiger partial charge in [-0.2, -0.15) is 4.72 Å². The zero-order valence-electron chi connectivity index (χ0n) is 10.2. The number of hydrogen-bond acceptors (Lipinski definition) is 4. The van der Waals surface area contributed by atoms with Crippen molar-refractivity contribution < 1.29 is 18.3 Å². The third-order valence-electron chi connectivity index (χ3n) is 2.65. The Bertz CT molecular complexity index is 553. The summed E-state index contributed by atoms with van der Waals surface area (Å²) in [6, 6.07) is 0.128. The van der Waals surface area contributed by atoms with Gasteiger partial charge < -0.3 is 5.11 Å². The molecule has 0 aliphatic carbocycles. The highest BCUT2D eigenvalue weighted by molar-refractivity contribution is 9.11. The minimum atomic E-state index is -3.89. The number of sulfonamides is 1. The van der Waals surface area contributed by atoms with Crippen LogP contribution in [0, 0.1) is 5.92 Å². The average Bonchev–Trinajstić information content (AvgIpc) is 2.66. The van der Waals surface area contributed by atoms with Crippen LogP contribution in [0.3, 0.4) is 0 Å². The molecule has 0 amide bonds. The van der Waals surface area contributed by atoms with Gasteiger partial charge in [0.2, 0.25) is 0 Å². The van der Waals surface area contributed by atoms with Crippen molar-refractivity contribution in [3.05, 3.63) is 14.9 Å². The number of nitrogens with one attached hydrogen (secondary N) is 1. The summed E-state index contributed by atoms with van der Waals surface area (Å²) in [5.74, 6) is -1.51. The molecule has 1 heterocycles. The fraction of sp³-hybridized carbons (Fsp3) is 0.500. The summed E-state index contributed by atoms with van der Waals surface area (Å²) in [5, 5.41) is 9.36. The van der Waals surface area contributed by atoms with Crippen molar-refractivity contribution in [1.82, 2.24) is 4.72 Å². The summed E-state index contributed by atoms with van der Waals surface area (Å²) in [7, 11) is -3.89. The Labute approximate surface area is 129 Å². The van der Waals surface area contributed by atoms with E-state index in [1.54, 1.807) is 13.8 Å². The SMILES string of the molecule is CCC(C)C(NS(=O)(=O)c1cc(Cl)c(Br)s1)C(=O)O. The molecule has 2 atom stereocenters. The van der Waals surface area contributed by atoms with Crippen LogP contribution in [0.2, 0.25) is 5.02 Å². The van der Waals surface area contributed by atoms with Crippen molar-refractivity contribution >= 4 is 54.9 Å². The number of carboxylic acid groups (broad SMARTS) is 1. The molecule has 1 aromatic rings. The molecule has 0 spiro atoms. The quantitative estimate of drug-likeness (QED) is 0.782. The second-order valence-corrected chi connectivity index (χ2v) is 8.73. The zero-order valence-corrected chi connectivity index (χ0v) is 14.2. The maximum atomic E-state index is 12.1. The van der Waals surface area contributed by atoms with E-state index in [0.717, 1.165) is 11.3 Å². The van der Waals surface area contributed by atoms with Gasteiger partial charge in [-0.15, -0.1) is 11.3 Å².